The smallest absolute Gasteiger partial charge is 0.287 e. The number of amides is 1. The summed E-state index contributed by atoms with van der Waals surface area (Å²) < 4.78 is 35.4. The van der Waals surface area contributed by atoms with Crippen LogP contribution in [-0.4, -0.2) is 55.0 Å². The van der Waals surface area contributed by atoms with E-state index in [4.69, 9.17) is 24.2 Å². The molecule has 2 aromatic heterocycles. The minimum absolute atomic E-state index is 0.0730. The van der Waals surface area contributed by atoms with Crippen LogP contribution in [0.15, 0.2) is 28.4 Å². The van der Waals surface area contributed by atoms with Gasteiger partial charge in [-0.15, -0.1) is 11.3 Å². The second-order valence-electron chi connectivity index (χ2n) is 7.80. The molecule has 1 amide bonds. The van der Waals surface area contributed by atoms with Crippen LogP contribution in [-0.2, 0) is 27.4 Å². The lowest BCUT2D eigenvalue weighted by atomic mass is 10.2. The van der Waals surface area contributed by atoms with Gasteiger partial charge < -0.3 is 29.2 Å². The molecule has 10 nitrogen and oxygen atoms in total. The van der Waals surface area contributed by atoms with Crippen LogP contribution >= 0.6 is 11.3 Å². The van der Waals surface area contributed by atoms with Crippen molar-refractivity contribution in [3.8, 4) is 11.8 Å². The molecule has 0 bridgehead atoms. The minimum Gasteiger partial charge on any atom is -0.494 e. The number of ether oxygens (including phenoxy) is 4. The van der Waals surface area contributed by atoms with Gasteiger partial charge in [-0.3, -0.25) is 9.59 Å². The topological polar surface area (TPSA) is 136 Å². The molecule has 3 aromatic rings. The number of fused-ring (bicyclic) bond motifs is 1. The van der Waals surface area contributed by atoms with Gasteiger partial charge in [-0.25, -0.2) is 9.37 Å². The molecule has 2 atom stereocenters. The number of hydrogen-bond donors (Lipinski definition) is 2. The maximum absolute atomic E-state index is 13.5. The highest BCUT2D eigenvalue weighted by Crippen LogP contribution is 2.22. The van der Waals surface area contributed by atoms with E-state index in [2.05, 4.69) is 21.4 Å². The van der Waals surface area contributed by atoms with Gasteiger partial charge in [0.25, 0.3) is 11.5 Å². The summed E-state index contributed by atoms with van der Waals surface area (Å²) >= 11 is 1.24. The molecule has 35 heavy (non-hydrogen) atoms. The average Bonchev–Trinajstić information content (AvgIpc) is 3.28. The molecule has 1 aliphatic heterocycles. The van der Waals surface area contributed by atoms with Crippen LogP contribution in [0.3, 0.4) is 0 Å². The SMILES string of the molecule is COc1cc(CNC(=O)c2nc3scc(COCC4COC(CC#N)CO4)c3c(=O)[nH]2)ccc1F. The number of thiophene rings is 1. The van der Waals surface area contributed by atoms with Gasteiger partial charge in [0.15, 0.2) is 11.6 Å². The Morgan fingerprint density at radius 2 is 2.17 bits per heavy atom. The summed E-state index contributed by atoms with van der Waals surface area (Å²) in [5, 5.41) is 13.5. The van der Waals surface area contributed by atoms with Crippen LogP contribution in [0.1, 0.15) is 28.2 Å². The van der Waals surface area contributed by atoms with Crippen LogP contribution in [0.5, 0.6) is 5.75 Å². The van der Waals surface area contributed by atoms with E-state index in [9.17, 15) is 14.0 Å². The Balaban J connectivity index is 1.34. The van der Waals surface area contributed by atoms with Crippen LogP contribution in [0.4, 0.5) is 4.39 Å². The zero-order valence-corrected chi connectivity index (χ0v) is 19.7. The highest BCUT2D eigenvalue weighted by Gasteiger charge is 2.22. The molecule has 0 saturated carbocycles. The number of aromatic amines is 1. The summed E-state index contributed by atoms with van der Waals surface area (Å²) in [6.07, 6.45) is -0.181. The van der Waals surface area contributed by atoms with Crippen molar-refractivity contribution in [3.05, 3.63) is 56.7 Å². The van der Waals surface area contributed by atoms with Gasteiger partial charge >= 0.3 is 0 Å². The molecule has 1 aromatic carbocycles. The quantitative estimate of drug-likeness (QED) is 0.455. The molecule has 0 spiro atoms. The van der Waals surface area contributed by atoms with E-state index in [1.165, 1.54) is 36.6 Å². The Morgan fingerprint density at radius 1 is 1.37 bits per heavy atom. The highest BCUT2D eigenvalue weighted by molar-refractivity contribution is 7.16. The van der Waals surface area contributed by atoms with Crippen molar-refractivity contribution in [1.29, 1.82) is 5.26 Å². The second kappa shape index (κ2) is 11.4. The summed E-state index contributed by atoms with van der Waals surface area (Å²) in [6, 6.07) is 6.31. The summed E-state index contributed by atoms with van der Waals surface area (Å²) in [5.74, 6) is -1.11. The molecule has 0 aliphatic carbocycles. The van der Waals surface area contributed by atoms with Crippen molar-refractivity contribution in [1.82, 2.24) is 15.3 Å². The number of benzene rings is 1. The van der Waals surface area contributed by atoms with Gasteiger partial charge in [0.05, 0.1) is 57.5 Å². The maximum atomic E-state index is 13.5. The van der Waals surface area contributed by atoms with E-state index >= 15 is 0 Å². The Morgan fingerprint density at radius 3 is 2.91 bits per heavy atom. The third-order valence-corrected chi connectivity index (χ3v) is 6.24. The molecule has 1 saturated heterocycles. The first-order valence-corrected chi connectivity index (χ1v) is 11.6. The maximum Gasteiger partial charge on any atom is 0.287 e. The first kappa shape index (κ1) is 24.7. The second-order valence-corrected chi connectivity index (χ2v) is 8.65. The Labute approximate surface area is 203 Å². The van der Waals surface area contributed by atoms with E-state index < -0.39 is 17.3 Å². The summed E-state index contributed by atoms with van der Waals surface area (Å²) in [7, 11) is 1.36. The van der Waals surface area contributed by atoms with Crippen molar-refractivity contribution < 1.29 is 28.1 Å². The zero-order chi connectivity index (χ0) is 24.8. The lowest BCUT2D eigenvalue weighted by molar-refractivity contribution is -0.151. The molecule has 2 N–H and O–H groups in total. The van der Waals surface area contributed by atoms with E-state index in [-0.39, 0.29) is 50.0 Å². The van der Waals surface area contributed by atoms with Crippen LogP contribution in [0, 0.1) is 17.1 Å². The first-order valence-electron chi connectivity index (χ1n) is 10.8. The molecular formula is C23H23FN4O6S. The Kier molecular flexibility index (Phi) is 8.04. The predicted octanol–water partition coefficient (Wildman–Crippen LogP) is 2.28. The number of carbonyl (C=O) groups excluding carboxylic acids is 1. The monoisotopic (exact) mass is 502 g/mol. The Bertz CT molecular complexity index is 1300. The number of halogens is 1. The van der Waals surface area contributed by atoms with Crippen molar-refractivity contribution in [2.45, 2.75) is 31.8 Å². The van der Waals surface area contributed by atoms with Gasteiger partial charge in [-0.2, -0.15) is 5.26 Å². The van der Waals surface area contributed by atoms with E-state index in [0.717, 1.165) is 0 Å². The molecule has 1 aliphatic rings. The number of nitrogens with zero attached hydrogens (tertiary/aromatic N) is 2. The summed E-state index contributed by atoms with van der Waals surface area (Å²) in [4.78, 5) is 32.4. The van der Waals surface area contributed by atoms with Crippen molar-refractivity contribution in [2.75, 3.05) is 26.9 Å². The van der Waals surface area contributed by atoms with Gasteiger partial charge in [0, 0.05) is 12.1 Å². The molecule has 2 unspecified atom stereocenters. The number of carbonyl (C=O) groups is 1. The summed E-state index contributed by atoms with van der Waals surface area (Å²) in [6.45, 7) is 1.22. The average molecular weight is 503 g/mol. The largest absolute Gasteiger partial charge is 0.494 e. The van der Waals surface area contributed by atoms with Crippen molar-refractivity contribution in [3.63, 3.8) is 0 Å². The molecule has 4 rings (SSSR count). The highest BCUT2D eigenvalue weighted by atomic mass is 32.1. The number of H-pyrrole nitrogens is 1. The molecule has 184 valence electrons. The number of rotatable bonds is 9. The number of nitriles is 1. The number of nitrogens with one attached hydrogen (secondary N) is 2. The molecule has 12 heteroatoms. The fraction of sp³-hybridized carbons (Fsp3) is 0.391. The number of hydrogen-bond acceptors (Lipinski definition) is 9. The zero-order valence-electron chi connectivity index (χ0n) is 18.8. The van der Waals surface area contributed by atoms with E-state index in [1.807, 2.05) is 0 Å². The molecular weight excluding hydrogens is 479 g/mol. The fourth-order valence-corrected chi connectivity index (χ4v) is 4.43. The lowest BCUT2D eigenvalue weighted by Gasteiger charge is -2.28. The van der Waals surface area contributed by atoms with Crippen molar-refractivity contribution in [2.24, 2.45) is 0 Å². The first-order chi connectivity index (χ1) is 17.0. The third-order valence-electron chi connectivity index (χ3n) is 5.32. The van der Waals surface area contributed by atoms with Crippen LogP contribution in [0.2, 0.25) is 0 Å². The lowest BCUT2D eigenvalue weighted by Crippen LogP contribution is -2.38. The van der Waals surface area contributed by atoms with Crippen molar-refractivity contribution >= 4 is 27.5 Å². The standard InChI is InChI=1S/C23H23FN4O6S/c1-31-18-6-13(2-3-17(18)24)7-26-22(30)20-27-21(29)19-14(12-35-23(19)28-20)8-32-9-16-11-33-15(4-5-25)10-34-16/h2-3,6,12,15-16H,4,7-11H2,1H3,(H,26,30)(H,27,28,29). The predicted molar refractivity (Wildman–Crippen MR) is 124 cm³/mol. The van der Waals surface area contributed by atoms with Gasteiger partial charge in [0.2, 0.25) is 5.82 Å². The third kappa shape index (κ3) is 6.01. The normalized spacial score (nSPS) is 17.7. The molecule has 1 fully saturated rings. The van der Waals surface area contributed by atoms with E-state index in [0.29, 0.717) is 34.6 Å². The van der Waals surface area contributed by atoms with Gasteiger partial charge in [0.1, 0.15) is 10.9 Å². The van der Waals surface area contributed by atoms with E-state index in [1.54, 1.807) is 5.38 Å². The number of aromatic nitrogens is 2. The fourth-order valence-electron chi connectivity index (χ4n) is 3.50. The van der Waals surface area contributed by atoms with Gasteiger partial charge in [-0.05, 0) is 23.1 Å². The van der Waals surface area contributed by atoms with Crippen LogP contribution < -0.4 is 15.6 Å². The summed E-state index contributed by atoms with van der Waals surface area (Å²) in [5.41, 5.74) is 0.840. The minimum atomic E-state index is -0.567. The van der Waals surface area contributed by atoms with Crippen LogP contribution in [0.25, 0.3) is 10.2 Å². The van der Waals surface area contributed by atoms with Gasteiger partial charge in [-0.1, -0.05) is 6.07 Å². The number of methoxy groups -OCH3 is 1. The molecule has 3 heterocycles. The molecule has 0 radical (unpaired) electrons. The Hall–Kier alpha value is -3.37.